The van der Waals surface area contributed by atoms with Gasteiger partial charge in [0.05, 0.1) is 12.5 Å². The molecule has 2 rings (SSSR count). The van der Waals surface area contributed by atoms with Gasteiger partial charge in [-0.15, -0.1) is 0 Å². The van der Waals surface area contributed by atoms with E-state index in [1.165, 1.54) is 5.56 Å². The molecule has 2 aromatic rings. The van der Waals surface area contributed by atoms with Gasteiger partial charge in [0.2, 0.25) is 0 Å². The molecule has 1 atom stereocenters. The minimum absolute atomic E-state index is 0.288. The first-order valence-electron chi connectivity index (χ1n) is 7.17. The highest BCUT2D eigenvalue weighted by atomic mass is 16.5. The summed E-state index contributed by atoms with van der Waals surface area (Å²) in [4.78, 5) is 0. The van der Waals surface area contributed by atoms with Crippen molar-refractivity contribution in [3.8, 4) is 17.6 Å². The lowest BCUT2D eigenvalue weighted by molar-refractivity contribution is 0.482. The number of nitriles is 1. The van der Waals surface area contributed by atoms with Crippen molar-refractivity contribution in [2.45, 2.75) is 32.6 Å². The summed E-state index contributed by atoms with van der Waals surface area (Å²) >= 11 is 0. The van der Waals surface area contributed by atoms with Crippen molar-refractivity contribution >= 4 is 5.69 Å². The first-order valence-corrected chi connectivity index (χ1v) is 7.17. The summed E-state index contributed by atoms with van der Waals surface area (Å²) in [7, 11) is 0. The highest BCUT2D eigenvalue weighted by Crippen LogP contribution is 2.27. The van der Waals surface area contributed by atoms with E-state index < -0.39 is 0 Å². The second-order valence-electron chi connectivity index (χ2n) is 5.18. The smallest absolute Gasteiger partial charge is 0.127 e. The fourth-order valence-electron chi connectivity index (χ4n) is 2.12. The molecule has 3 heteroatoms. The van der Waals surface area contributed by atoms with Crippen molar-refractivity contribution in [2.75, 3.05) is 5.73 Å². The van der Waals surface area contributed by atoms with E-state index in [2.05, 4.69) is 32.0 Å². The molecule has 0 spiro atoms. The summed E-state index contributed by atoms with van der Waals surface area (Å²) in [5.74, 6) is 2.04. The van der Waals surface area contributed by atoms with Crippen molar-refractivity contribution in [3.05, 3.63) is 53.6 Å². The molecule has 0 aromatic heterocycles. The molecule has 2 N–H and O–H groups in total. The number of hydrogen-bond acceptors (Lipinski definition) is 3. The Labute approximate surface area is 126 Å². The third-order valence-electron chi connectivity index (χ3n) is 3.68. The Bertz CT molecular complexity index is 641. The highest BCUT2D eigenvalue weighted by Gasteiger charge is 2.05. The first-order chi connectivity index (χ1) is 10.1. The Morgan fingerprint density at radius 1 is 1.14 bits per heavy atom. The molecule has 0 aliphatic rings. The molecule has 0 saturated carbocycles. The molecule has 0 aliphatic carbocycles. The quantitative estimate of drug-likeness (QED) is 0.811. The van der Waals surface area contributed by atoms with E-state index in [1.807, 2.05) is 24.3 Å². The molecule has 108 valence electrons. The lowest BCUT2D eigenvalue weighted by atomic mass is 9.99. The van der Waals surface area contributed by atoms with E-state index in [0.29, 0.717) is 17.4 Å². The predicted octanol–water partition coefficient (Wildman–Crippen LogP) is 4.64. The molecule has 0 heterocycles. The first kappa shape index (κ1) is 14.9. The van der Waals surface area contributed by atoms with E-state index in [-0.39, 0.29) is 6.42 Å². The van der Waals surface area contributed by atoms with E-state index in [1.54, 1.807) is 6.07 Å². The topological polar surface area (TPSA) is 59.0 Å². The van der Waals surface area contributed by atoms with E-state index in [4.69, 9.17) is 15.7 Å². The average molecular weight is 280 g/mol. The van der Waals surface area contributed by atoms with Gasteiger partial charge in [0.1, 0.15) is 11.5 Å². The van der Waals surface area contributed by atoms with Gasteiger partial charge in [-0.3, -0.25) is 0 Å². The van der Waals surface area contributed by atoms with Crippen molar-refractivity contribution in [3.63, 3.8) is 0 Å². The zero-order valence-corrected chi connectivity index (χ0v) is 12.5. The molecule has 2 aromatic carbocycles. The summed E-state index contributed by atoms with van der Waals surface area (Å²) in [6.45, 7) is 4.39. The van der Waals surface area contributed by atoms with Gasteiger partial charge in [0, 0.05) is 5.69 Å². The molecular formula is C18H20N2O. The molecule has 0 amide bonds. The number of hydrogen-bond donors (Lipinski definition) is 1. The number of ether oxygens (including phenoxy) is 1. The van der Waals surface area contributed by atoms with Gasteiger partial charge in [-0.2, -0.15) is 5.26 Å². The van der Waals surface area contributed by atoms with Crippen LogP contribution in [-0.4, -0.2) is 0 Å². The maximum absolute atomic E-state index is 8.78. The highest BCUT2D eigenvalue weighted by molar-refractivity contribution is 5.52. The van der Waals surface area contributed by atoms with Gasteiger partial charge in [0.15, 0.2) is 0 Å². The summed E-state index contributed by atoms with van der Waals surface area (Å²) in [5, 5.41) is 8.78. The zero-order valence-electron chi connectivity index (χ0n) is 12.5. The maximum atomic E-state index is 8.78. The van der Waals surface area contributed by atoms with Crippen LogP contribution >= 0.6 is 0 Å². The summed E-state index contributed by atoms with van der Waals surface area (Å²) in [6, 6.07) is 15.7. The summed E-state index contributed by atoms with van der Waals surface area (Å²) in [5.41, 5.74) is 8.56. The van der Waals surface area contributed by atoms with Gasteiger partial charge < -0.3 is 10.5 Å². The molecule has 0 bridgehead atoms. The second kappa shape index (κ2) is 6.81. The van der Waals surface area contributed by atoms with E-state index >= 15 is 0 Å². The van der Waals surface area contributed by atoms with Crippen LogP contribution in [0.15, 0.2) is 42.5 Å². The molecule has 0 fully saturated rings. The average Bonchev–Trinajstić information content (AvgIpc) is 2.51. The monoisotopic (exact) mass is 280 g/mol. The van der Waals surface area contributed by atoms with Crippen molar-refractivity contribution < 1.29 is 4.74 Å². The lowest BCUT2D eigenvalue weighted by Gasteiger charge is -2.11. The van der Waals surface area contributed by atoms with Gasteiger partial charge in [0.25, 0.3) is 0 Å². The lowest BCUT2D eigenvalue weighted by Crippen LogP contribution is -1.95. The van der Waals surface area contributed by atoms with Crippen LogP contribution in [0.5, 0.6) is 11.5 Å². The fourth-order valence-corrected chi connectivity index (χ4v) is 2.12. The van der Waals surface area contributed by atoms with Crippen LogP contribution in [0.25, 0.3) is 0 Å². The van der Waals surface area contributed by atoms with Gasteiger partial charge in [-0.05, 0) is 53.8 Å². The minimum atomic E-state index is 0.288. The third kappa shape index (κ3) is 3.76. The zero-order chi connectivity index (χ0) is 15.2. The molecule has 0 aliphatic heterocycles. The van der Waals surface area contributed by atoms with Crippen LogP contribution in [-0.2, 0) is 6.42 Å². The molecule has 1 unspecified atom stereocenters. The van der Waals surface area contributed by atoms with Crippen molar-refractivity contribution in [2.24, 2.45) is 0 Å². The Kier molecular flexibility index (Phi) is 4.84. The summed E-state index contributed by atoms with van der Waals surface area (Å²) in [6.07, 6.45) is 1.41. The Hall–Kier alpha value is -2.47. The largest absolute Gasteiger partial charge is 0.457 e. The second-order valence-corrected chi connectivity index (χ2v) is 5.18. The number of anilines is 1. The SMILES string of the molecule is CCC(C)c1ccc(Oc2ccc(N)c(CC#N)c2)cc1. The number of benzene rings is 2. The predicted molar refractivity (Wildman–Crippen MR) is 85.4 cm³/mol. The van der Waals surface area contributed by atoms with Crippen LogP contribution in [0.3, 0.4) is 0 Å². The van der Waals surface area contributed by atoms with Crippen LogP contribution < -0.4 is 10.5 Å². The number of nitrogens with two attached hydrogens (primary N) is 1. The number of rotatable bonds is 5. The van der Waals surface area contributed by atoms with Crippen molar-refractivity contribution in [1.82, 2.24) is 0 Å². The number of nitrogens with zero attached hydrogens (tertiary/aromatic N) is 1. The molecule has 0 radical (unpaired) electrons. The molecular weight excluding hydrogens is 260 g/mol. The van der Waals surface area contributed by atoms with Gasteiger partial charge in [-0.1, -0.05) is 26.0 Å². The minimum Gasteiger partial charge on any atom is -0.457 e. The van der Waals surface area contributed by atoms with Crippen LogP contribution in [0, 0.1) is 11.3 Å². The van der Waals surface area contributed by atoms with Gasteiger partial charge >= 0.3 is 0 Å². The molecule has 21 heavy (non-hydrogen) atoms. The van der Waals surface area contributed by atoms with Crippen LogP contribution in [0.4, 0.5) is 5.69 Å². The summed E-state index contributed by atoms with van der Waals surface area (Å²) < 4.78 is 5.82. The van der Waals surface area contributed by atoms with Crippen LogP contribution in [0.1, 0.15) is 37.3 Å². The van der Waals surface area contributed by atoms with Crippen LogP contribution in [0.2, 0.25) is 0 Å². The maximum Gasteiger partial charge on any atom is 0.127 e. The van der Waals surface area contributed by atoms with E-state index in [0.717, 1.165) is 17.7 Å². The molecule has 3 nitrogen and oxygen atoms in total. The fraction of sp³-hybridized carbons (Fsp3) is 0.278. The third-order valence-corrected chi connectivity index (χ3v) is 3.68. The Morgan fingerprint density at radius 2 is 1.81 bits per heavy atom. The van der Waals surface area contributed by atoms with E-state index in [9.17, 15) is 0 Å². The standard InChI is InChI=1S/C18H20N2O/c1-3-13(2)14-4-6-16(7-5-14)21-17-8-9-18(20)15(12-17)10-11-19/h4-9,12-13H,3,10,20H2,1-2H3. The van der Waals surface area contributed by atoms with Gasteiger partial charge in [-0.25, -0.2) is 0 Å². The Morgan fingerprint density at radius 3 is 2.43 bits per heavy atom. The molecule has 0 saturated heterocycles. The normalized spacial score (nSPS) is 11.7. The Balaban J connectivity index is 2.15. The van der Waals surface area contributed by atoms with Crippen molar-refractivity contribution in [1.29, 1.82) is 5.26 Å². The number of nitrogen functional groups attached to an aromatic ring is 1.